The van der Waals surface area contributed by atoms with Crippen LogP contribution in [0.2, 0.25) is 5.02 Å². The van der Waals surface area contributed by atoms with Crippen LogP contribution in [0.4, 0.5) is 0 Å². The van der Waals surface area contributed by atoms with E-state index in [1.54, 1.807) is 0 Å². The van der Waals surface area contributed by atoms with E-state index in [0.29, 0.717) is 0 Å². The van der Waals surface area contributed by atoms with E-state index in [2.05, 4.69) is 48.0 Å². The van der Waals surface area contributed by atoms with Gasteiger partial charge < -0.3 is 5.73 Å². The Morgan fingerprint density at radius 1 is 1.16 bits per heavy atom. The highest BCUT2D eigenvalue weighted by Crippen LogP contribution is 2.28. The van der Waals surface area contributed by atoms with Gasteiger partial charge in [-0.05, 0) is 60.7 Å². The summed E-state index contributed by atoms with van der Waals surface area (Å²) in [6, 6.07) is 12.0. The summed E-state index contributed by atoms with van der Waals surface area (Å²) in [6.45, 7) is 4.25. The number of hydrogen-bond donors (Lipinski definition) is 1. The van der Waals surface area contributed by atoms with Crippen molar-refractivity contribution in [3.8, 4) is 0 Å². The Labute approximate surface area is 127 Å². The zero-order valence-corrected chi connectivity index (χ0v) is 13.4. The maximum absolute atomic E-state index is 6.33. The van der Waals surface area contributed by atoms with Gasteiger partial charge in [-0.3, -0.25) is 0 Å². The summed E-state index contributed by atoms with van der Waals surface area (Å²) in [7, 11) is 0. The van der Waals surface area contributed by atoms with Gasteiger partial charge >= 0.3 is 0 Å². The minimum atomic E-state index is -0.0928. The molecule has 0 fully saturated rings. The van der Waals surface area contributed by atoms with Crippen LogP contribution in [0.5, 0.6) is 0 Å². The molecular formula is C16H17BrClN. The molecule has 0 bridgehead atoms. The van der Waals surface area contributed by atoms with Gasteiger partial charge in [-0.15, -0.1) is 0 Å². The second-order valence-electron chi connectivity index (χ2n) is 4.85. The summed E-state index contributed by atoms with van der Waals surface area (Å²) in [4.78, 5) is 0. The molecule has 2 N–H and O–H groups in total. The molecule has 0 aliphatic carbocycles. The van der Waals surface area contributed by atoms with Crippen LogP contribution in [0.15, 0.2) is 40.9 Å². The van der Waals surface area contributed by atoms with Crippen LogP contribution < -0.4 is 5.73 Å². The number of benzene rings is 2. The Kier molecular flexibility index (Phi) is 4.67. The molecule has 1 nitrogen and oxygen atoms in total. The molecule has 19 heavy (non-hydrogen) atoms. The number of rotatable bonds is 3. The van der Waals surface area contributed by atoms with Crippen molar-refractivity contribution in [3.63, 3.8) is 0 Å². The van der Waals surface area contributed by atoms with Crippen LogP contribution in [0.25, 0.3) is 0 Å². The summed E-state index contributed by atoms with van der Waals surface area (Å²) in [5, 5.41) is 0.724. The average Bonchev–Trinajstić information content (AvgIpc) is 2.37. The molecule has 1 atom stereocenters. The first-order valence-electron chi connectivity index (χ1n) is 6.24. The standard InChI is InChI=1S/C16H17BrClN/c1-10-4-3-5-11(2)13(10)9-16(19)14-8-12(17)6-7-15(14)18/h3-8,16H,9,19H2,1-2H3. The van der Waals surface area contributed by atoms with E-state index in [-0.39, 0.29) is 6.04 Å². The first-order valence-corrected chi connectivity index (χ1v) is 7.41. The lowest BCUT2D eigenvalue weighted by atomic mass is 9.93. The van der Waals surface area contributed by atoms with Crippen LogP contribution in [0.3, 0.4) is 0 Å². The minimum absolute atomic E-state index is 0.0928. The molecule has 0 saturated heterocycles. The van der Waals surface area contributed by atoms with Crippen molar-refractivity contribution in [2.45, 2.75) is 26.3 Å². The van der Waals surface area contributed by atoms with Crippen LogP contribution >= 0.6 is 27.5 Å². The van der Waals surface area contributed by atoms with Gasteiger partial charge in [0.2, 0.25) is 0 Å². The van der Waals surface area contributed by atoms with Crippen molar-refractivity contribution in [3.05, 3.63) is 68.1 Å². The summed E-state index contributed by atoms with van der Waals surface area (Å²) in [5.41, 5.74) is 11.2. The summed E-state index contributed by atoms with van der Waals surface area (Å²) >= 11 is 9.70. The van der Waals surface area contributed by atoms with Crippen LogP contribution in [-0.2, 0) is 6.42 Å². The molecule has 3 heteroatoms. The molecule has 2 aromatic carbocycles. The second-order valence-corrected chi connectivity index (χ2v) is 6.17. The molecule has 2 aromatic rings. The van der Waals surface area contributed by atoms with Crippen molar-refractivity contribution in [2.75, 3.05) is 0 Å². The zero-order chi connectivity index (χ0) is 14.0. The van der Waals surface area contributed by atoms with Crippen molar-refractivity contribution < 1.29 is 0 Å². The van der Waals surface area contributed by atoms with E-state index in [9.17, 15) is 0 Å². The van der Waals surface area contributed by atoms with Crippen LogP contribution in [0.1, 0.15) is 28.3 Å². The maximum atomic E-state index is 6.33. The first-order chi connectivity index (χ1) is 8.99. The molecule has 0 aromatic heterocycles. The van der Waals surface area contributed by atoms with Gasteiger partial charge in [-0.25, -0.2) is 0 Å². The maximum Gasteiger partial charge on any atom is 0.0454 e. The fourth-order valence-electron chi connectivity index (χ4n) is 2.30. The minimum Gasteiger partial charge on any atom is -0.324 e. The fourth-order valence-corrected chi connectivity index (χ4v) is 2.94. The van der Waals surface area contributed by atoms with E-state index >= 15 is 0 Å². The van der Waals surface area contributed by atoms with Crippen LogP contribution in [-0.4, -0.2) is 0 Å². The van der Waals surface area contributed by atoms with Gasteiger partial charge in [0.25, 0.3) is 0 Å². The number of hydrogen-bond acceptors (Lipinski definition) is 1. The smallest absolute Gasteiger partial charge is 0.0454 e. The van der Waals surface area contributed by atoms with Crippen molar-refractivity contribution in [1.29, 1.82) is 0 Å². The van der Waals surface area contributed by atoms with Gasteiger partial charge in [-0.1, -0.05) is 45.7 Å². The number of halogens is 2. The normalized spacial score (nSPS) is 12.5. The predicted octanol–water partition coefficient (Wildman–Crippen LogP) is 4.96. The molecule has 0 amide bonds. The first kappa shape index (κ1) is 14.6. The zero-order valence-electron chi connectivity index (χ0n) is 11.1. The lowest BCUT2D eigenvalue weighted by molar-refractivity contribution is 0.715. The second kappa shape index (κ2) is 6.08. The molecule has 0 saturated carbocycles. The highest BCUT2D eigenvalue weighted by atomic mass is 79.9. The Hall–Kier alpha value is -0.830. The molecule has 2 rings (SSSR count). The molecule has 0 heterocycles. The summed E-state index contributed by atoms with van der Waals surface area (Å²) < 4.78 is 1.00. The summed E-state index contributed by atoms with van der Waals surface area (Å²) in [6.07, 6.45) is 0.800. The highest BCUT2D eigenvalue weighted by molar-refractivity contribution is 9.10. The van der Waals surface area contributed by atoms with Crippen LogP contribution in [0, 0.1) is 13.8 Å². The van der Waals surface area contributed by atoms with Gasteiger partial charge in [0, 0.05) is 15.5 Å². The SMILES string of the molecule is Cc1cccc(C)c1CC(N)c1cc(Br)ccc1Cl. The Morgan fingerprint density at radius 3 is 2.42 bits per heavy atom. The van der Waals surface area contributed by atoms with E-state index in [1.807, 2.05) is 18.2 Å². The molecule has 1 unspecified atom stereocenters. The van der Waals surface area contributed by atoms with E-state index in [0.717, 1.165) is 21.5 Å². The van der Waals surface area contributed by atoms with Gasteiger partial charge in [0.15, 0.2) is 0 Å². The van der Waals surface area contributed by atoms with Crippen molar-refractivity contribution >= 4 is 27.5 Å². The third-order valence-corrected chi connectivity index (χ3v) is 4.26. The third kappa shape index (κ3) is 3.38. The quantitative estimate of drug-likeness (QED) is 0.841. The van der Waals surface area contributed by atoms with E-state index in [4.69, 9.17) is 17.3 Å². The summed E-state index contributed by atoms with van der Waals surface area (Å²) in [5.74, 6) is 0. The predicted molar refractivity (Wildman–Crippen MR) is 85.7 cm³/mol. The topological polar surface area (TPSA) is 26.0 Å². The van der Waals surface area contributed by atoms with E-state index < -0.39 is 0 Å². The number of aryl methyl sites for hydroxylation is 2. The lowest BCUT2D eigenvalue weighted by Crippen LogP contribution is -2.15. The molecule has 0 aliphatic heterocycles. The molecular weight excluding hydrogens is 322 g/mol. The lowest BCUT2D eigenvalue weighted by Gasteiger charge is -2.17. The van der Waals surface area contributed by atoms with Crippen molar-refractivity contribution in [2.24, 2.45) is 5.73 Å². The monoisotopic (exact) mass is 337 g/mol. The van der Waals surface area contributed by atoms with Gasteiger partial charge in [0.1, 0.15) is 0 Å². The number of nitrogens with two attached hydrogens (primary N) is 1. The molecule has 0 aliphatic rings. The van der Waals surface area contributed by atoms with Gasteiger partial charge in [0.05, 0.1) is 0 Å². The van der Waals surface area contributed by atoms with Gasteiger partial charge in [-0.2, -0.15) is 0 Å². The average molecular weight is 339 g/mol. The Morgan fingerprint density at radius 2 is 1.79 bits per heavy atom. The van der Waals surface area contributed by atoms with Crippen molar-refractivity contribution in [1.82, 2.24) is 0 Å². The fraction of sp³-hybridized carbons (Fsp3) is 0.250. The molecule has 100 valence electrons. The highest BCUT2D eigenvalue weighted by Gasteiger charge is 2.14. The Balaban J connectivity index is 2.31. The van der Waals surface area contributed by atoms with E-state index in [1.165, 1.54) is 16.7 Å². The third-order valence-electron chi connectivity index (χ3n) is 3.43. The molecule has 0 radical (unpaired) electrons. The largest absolute Gasteiger partial charge is 0.324 e. The molecule has 0 spiro atoms. The Bertz CT molecular complexity index is 575.